The van der Waals surface area contributed by atoms with Crippen LogP contribution >= 0.6 is 0 Å². The third-order valence-electron chi connectivity index (χ3n) is 4.13. The molecule has 0 aromatic heterocycles. The van der Waals surface area contributed by atoms with Crippen molar-refractivity contribution in [2.75, 3.05) is 25.0 Å². The molecule has 1 saturated heterocycles. The molecule has 1 heterocycles. The number of rotatable bonds is 4. The number of likely N-dealkylation sites (tertiary alicyclic amines) is 1. The van der Waals surface area contributed by atoms with Crippen molar-refractivity contribution in [3.63, 3.8) is 0 Å². The Kier molecular flexibility index (Phi) is 5.12. The molecule has 0 saturated carbocycles. The minimum atomic E-state index is 0.0228. The fourth-order valence-electron chi connectivity index (χ4n) is 3.01. The smallest absolute Gasteiger partial charge is 0.238 e. The molecule has 114 valence electrons. The first-order chi connectivity index (χ1) is 9.99. The first kappa shape index (κ1) is 15.7. The van der Waals surface area contributed by atoms with Gasteiger partial charge in [0.25, 0.3) is 0 Å². The summed E-state index contributed by atoms with van der Waals surface area (Å²) in [5, 5.41) is 3.03. The molecule has 1 aromatic carbocycles. The number of nitrogens with one attached hydrogen (secondary N) is 1. The Labute approximate surface area is 126 Å². The van der Waals surface area contributed by atoms with Gasteiger partial charge in [-0.1, -0.05) is 17.7 Å². The summed E-state index contributed by atoms with van der Waals surface area (Å²) in [5.74, 6) is 0.195. The van der Waals surface area contributed by atoms with E-state index >= 15 is 0 Å². The second-order valence-electron chi connectivity index (χ2n) is 6.07. The van der Waals surface area contributed by atoms with Crippen LogP contribution < -0.4 is 5.32 Å². The molecule has 1 aliphatic rings. The molecule has 0 aliphatic carbocycles. The van der Waals surface area contributed by atoms with Gasteiger partial charge in [-0.15, -0.1) is 0 Å². The first-order valence-corrected chi connectivity index (χ1v) is 7.55. The predicted octanol–water partition coefficient (Wildman–Crippen LogP) is 2.46. The number of piperidine rings is 1. The number of hydrogen-bond donors (Lipinski definition) is 1. The van der Waals surface area contributed by atoms with Gasteiger partial charge in [0.2, 0.25) is 5.91 Å². The molecule has 1 amide bonds. The lowest BCUT2D eigenvalue weighted by Gasteiger charge is -2.29. The number of anilines is 1. The van der Waals surface area contributed by atoms with Crippen molar-refractivity contribution in [2.45, 2.75) is 33.6 Å². The quantitative estimate of drug-likeness (QED) is 0.866. The van der Waals surface area contributed by atoms with Crippen molar-refractivity contribution in [3.8, 4) is 0 Å². The van der Waals surface area contributed by atoms with E-state index in [4.69, 9.17) is 0 Å². The van der Waals surface area contributed by atoms with E-state index < -0.39 is 0 Å². The van der Waals surface area contributed by atoms with Crippen molar-refractivity contribution in [1.29, 1.82) is 0 Å². The van der Waals surface area contributed by atoms with Gasteiger partial charge in [-0.05, 0) is 57.8 Å². The van der Waals surface area contributed by atoms with Crippen LogP contribution in [0.25, 0.3) is 0 Å². The second kappa shape index (κ2) is 6.85. The molecule has 0 spiro atoms. The second-order valence-corrected chi connectivity index (χ2v) is 6.07. The van der Waals surface area contributed by atoms with Crippen LogP contribution in [-0.4, -0.2) is 36.7 Å². The monoisotopic (exact) mass is 288 g/mol. The lowest BCUT2D eigenvalue weighted by Crippen LogP contribution is -2.39. The molecule has 2 rings (SSSR count). The summed E-state index contributed by atoms with van der Waals surface area (Å²) in [5.41, 5.74) is 4.33. The number of aldehydes is 1. The highest BCUT2D eigenvalue weighted by Crippen LogP contribution is 2.22. The third-order valence-corrected chi connectivity index (χ3v) is 4.13. The van der Waals surface area contributed by atoms with E-state index in [1.165, 1.54) is 5.56 Å². The summed E-state index contributed by atoms with van der Waals surface area (Å²) in [6, 6.07) is 4.16. The zero-order valence-corrected chi connectivity index (χ0v) is 13.1. The Morgan fingerprint density at radius 2 is 1.81 bits per heavy atom. The van der Waals surface area contributed by atoms with E-state index in [1.807, 2.05) is 13.8 Å². The molecule has 1 aliphatic heterocycles. The highest BCUT2D eigenvalue weighted by Gasteiger charge is 2.20. The zero-order valence-electron chi connectivity index (χ0n) is 13.1. The van der Waals surface area contributed by atoms with Crippen LogP contribution in [0.4, 0.5) is 5.69 Å². The number of nitrogens with zero attached hydrogens (tertiary/aromatic N) is 1. The molecule has 1 aromatic rings. The summed E-state index contributed by atoms with van der Waals surface area (Å²) >= 11 is 0. The van der Waals surface area contributed by atoms with Crippen LogP contribution in [-0.2, 0) is 9.59 Å². The van der Waals surface area contributed by atoms with E-state index in [0.29, 0.717) is 6.54 Å². The van der Waals surface area contributed by atoms with Crippen molar-refractivity contribution in [3.05, 3.63) is 28.8 Å². The number of hydrogen-bond acceptors (Lipinski definition) is 3. The third kappa shape index (κ3) is 4.14. The van der Waals surface area contributed by atoms with Gasteiger partial charge in [-0.25, -0.2) is 0 Å². The van der Waals surface area contributed by atoms with Gasteiger partial charge in [-0.3, -0.25) is 9.69 Å². The summed E-state index contributed by atoms with van der Waals surface area (Å²) in [7, 11) is 0. The zero-order chi connectivity index (χ0) is 15.4. The van der Waals surface area contributed by atoms with E-state index in [-0.39, 0.29) is 11.8 Å². The Morgan fingerprint density at radius 1 is 1.24 bits per heavy atom. The van der Waals surface area contributed by atoms with Gasteiger partial charge < -0.3 is 10.1 Å². The van der Waals surface area contributed by atoms with Crippen LogP contribution in [0.5, 0.6) is 0 Å². The highest BCUT2D eigenvalue weighted by molar-refractivity contribution is 5.93. The van der Waals surface area contributed by atoms with E-state index in [0.717, 1.165) is 49.0 Å². The molecule has 0 radical (unpaired) electrons. The standard InChI is InChI=1S/C17H24N2O2/c1-12-8-13(2)17(14(3)9-12)18-16(21)10-19-6-4-15(11-20)5-7-19/h8-9,11,15H,4-7,10H2,1-3H3,(H,18,21). The minimum Gasteiger partial charge on any atom is -0.324 e. The number of aryl methyl sites for hydroxylation is 3. The summed E-state index contributed by atoms with van der Waals surface area (Å²) < 4.78 is 0. The van der Waals surface area contributed by atoms with Crippen LogP contribution in [0.15, 0.2) is 12.1 Å². The fraction of sp³-hybridized carbons (Fsp3) is 0.529. The molecule has 1 N–H and O–H groups in total. The minimum absolute atomic E-state index is 0.0228. The molecule has 0 bridgehead atoms. The van der Waals surface area contributed by atoms with Crippen molar-refractivity contribution >= 4 is 17.9 Å². The van der Waals surface area contributed by atoms with Gasteiger partial charge in [0.05, 0.1) is 6.54 Å². The Morgan fingerprint density at radius 3 is 2.33 bits per heavy atom. The van der Waals surface area contributed by atoms with E-state index in [1.54, 1.807) is 0 Å². The summed E-state index contributed by atoms with van der Waals surface area (Å²) in [6.07, 6.45) is 2.76. The number of benzene rings is 1. The van der Waals surface area contributed by atoms with Crippen LogP contribution in [0.2, 0.25) is 0 Å². The molecular formula is C17H24N2O2. The fourth-order valence-corrected chi connectivity index (χ4v) is 3.01. The number of carbonyl (C=O) groups is 2. The molecule has 0 unspecified atom stereocenters. The highest BCUT2D eigenvalue weighted by atomic mass is 16.2. The Hall–Kier alpha value is -1.68. The molecule has 21 heavy (non-hydrogen) atoms. The Balaban J connectivity index is 1.92. The molecular weight excluding hydrogens is 264 g/mol. The first-order valence-electron chi connectivity index (χ1n) is 7.55. The SMILES string of the molecule is Cc1cc(C)c(NC(=O)CN2CCC(C=O)CC2)c(C)c1. The summed E-state index contributed by atoms with van der Waals surface area (Å²) in [6.45, 7) is 8.14. The maximum absolute atomic E-state index is 12.2. The van der Waals surface area contributed by atoms with Gasteiger partial charge in [-0.2, -0.15) is 0 Å². The maximum atomic E-state index is 12.2. The van der Waals surface area contributed by atoms with Gasteiger partial charge in [0.15, 0.2) is 0 Å². The van der Waals surface area contributed by atoms with Crippen LogP contribution in [0.3, 0.4) is 0 Å². The predicted molar refractivity (Wildman–Crippen MR) is 84.5 cm³/mol. The van der Waals surface area contributed by atoms with E-state index in [9.17, 15) is 9.59 Å². The topological polar surface area (TPSA) is 49.4 Å². The average Bonchev–Trinajstić information content (AvgIpc) is 2.43. The van der Waals surface area contributed by atoms with E-state index in [2.05, 4.69) is 29.3 Å². The molecule has 0 atom stereocenters. The average molecular weight is 288 g/mol. The normalized spacial score (nSPS) is 16.7. The van der Waals surface area contributed by atoms with Crippen LogP contribution in [0, 0.1) is 26.7 Å². The van der Waals surface area contributed by atoms with Crippen molar-refractivity contribution < 1.29 is 9.59 Å². The maximum Gasteiger partial charge on any atom is 0.238 e. The Bertz CT molecular complexity index is 509. The van der Waals surface area contributed by atoms with Gasteiger partial charge >= 0.3 is 0 Å². The number of carbonyl (C=O) groups excluding carboxylic acids is 2. The lowest BCUT2D eigenvalue weighted by molar-refractivity contribution is -0.117. The molecule has 4 nitrogen and oxygen atoms in total. The van der Waals surface area contributed by atoms with Gasteiger partial charge in [0, 0.05) is 11.6 Å². The van der Waals surface area contributed by atoms with Crippen molar-refractivity contribution in [1.82, 2.24) is 4.90 Å². The van der Waals surface area contributed by atoms with Crippen LogP contribution in [0.1, 0.15) is 29.5 Å². The largest absolute Gasteiger partial charge is 0.324 e. The number of amides is 1. The molecule has 4 heteroatoms. The lowest BCUT2D eigenvalue weighted by atomic mass is 9.99. The summed E-state index contributed by atoms with van der Waals surface area (Å²) in [4.78, 5) is 25.1. The van der Waals surface area contributed by atoms with Gasteiger partial charge in [0.1, 0.15) is 6.29 Å². The van der Waals surface area contributed by atoms with Crippen molar-refractivity contribution in [2.24, 2.45) is 5.92 Å². The molecule has 1 fully saturated rings.